The van der Waals surface area contributed by atoms with E-state index in [-0.39, 0.29) is 17.2 Å². The molecular weight excluding hydrogens is 280 g/mol. The van der Waals surface area contributed by atoms with Gasteiger partial charge in [0.1, 0.15) is 5.69 Å². The standard InChI is InChI=1S/C16H20N4O2/c1-3-20(13-6-4-5-12(2)11-13)10-9-17-16(22)14-7-8-15(21)19-18-14/h4-8,11H,3,9-10H2,1-2H3,(H,17,22)(H,19,21). The molecule has 0 saturated heterocycles. The Morgan fingerprint density at radius 2 is 2.14 bits per heavy atom. The van der Waals surface area contributed by atoms with Crippen molar-refractivity contribution in [3.05, 3.63) is 58.0 Å². The number of likely N-dealkylation sites (N-methyl/N-ethyl adjacent to an activating group) is 1. The zero-order valence-electron chi connectivity index (χ0n) is 12.8. The summed E-state index contributed by atoms with van der Waals surface area (Å²) in [5, 5.41) is 8.75. The molecule has 0 atom stereocenters. The Morgan fingerprint density at radius 1 is 1.32 bits per heavy atom. The summed E-state index contributed by atoms with van der Waals surface area (Å²) in [6.45, 7) is 6.20. The van der Waals surface area contributed by atoms with Crippen LogP contribution in [0.2, 0.25) is 0 Å². The number of carbonyl (C=O) groups is 1. The monoisotopic (exact) mass is 300 g/mol. The Morgan fingerprint density at radius 3 is 2.77 bits per heavy atom. The largest absolute Gasteiger partial charge is 0.370 e. The van der Waals surface area contributed by atoms with Gasteiger partial charge in [-0.05, 0) is 37.6 Å². The number of benzene rings is 1. The number of hydrogen-bond donors (Lipinski definition) is 2. The van der Waals surface area contributed by atoms with Crippen LogP contribution in [0, 0.1) is 6.92 Å². The molecule has 2 N–H and O–H groups in total. The number of amides is 1. The number of aryl methyl sites for hydroxylation is 1. The molecule has 0 aliphatic carbocycles. The summed E-state index contributed by atoms with van der Waals surface area (Å²) < 4.78 is 0. The van der Waals surface area contributed by atoms with Crippen LogP contribution in [0.4, 0.5) is 5.69 Å². The predicted octanol–water partition coefficient (Wildman–Crippen LogP) is 1.33. The molecule has 6 heteroatoms. The average molecular weight is 300 g/mol. The first-order valence-corrected chi connectivity index (χ1v) is 7.25. The molecule has 1 aromatic carbocycles. The second-order valence-electron chi connectivity index (χ2n) is 4.98. The van der Waals surface area contributed by atoms with Crippen LogP contribution in [0.1, 0.15) is 23.0 Å². The first-order chi connectivity index (χ1) is 10.6. The number of anilines is 1. The van der Waals surface area contributed by atoms with E-state index in [0.29, 0.717) is 13.1 Å². The van der Waals surface area contributed by atoms with Crippen LogP contribution in [0.5, 0.6) is 0 Å². The lowest BCUT2D eigenvalue weighted by Crippen LogP contribution is -2.35. The summed E-state index contributed by atoms with van der Waals surface area (Å²) >= 11 is 0. The van der Waals surface area contributed by atoms with Gasteiger partial charge in [-0.2, -0.15) is 5.10 Å². The maximum absolute atomic E-state index is 11.9. The van der Waals surface area contributed by atoms with Gasteiger partial charge in [0.15, 0.2) is 0 Å². The summed E-state index contributed by atoms with van der Waals surface area (Å²) in [4.78, 5) is 25.0. The van der Waals surface area contributed by atoms with Crippen LogP contribution in [-0.4, -0.2) is 35.7 Å². The normalized spacial score (nSPS) is 10.3. The van der Waals surface area contributed by atoms with E-state index in [0.717, 1.165) is 12.2 Å². The zero-order chi connectivity index (χ0) is 15.9. The first-order valence-electron chi connectivity index (χ1n) is 7.25. The van der Waals surface area contributed by atoms with Gasteiger partial charge in [0, 0.05) is 31.4 Å². The van der Waals surface area contributed by atoms with Crippen LogP contribution >= 0.6 is 0 Å². The second-order valence-corrected chi connectivity index (χ2v) is 4.98. The van der Waals surface area contributed by atoms with E-state index >= 15 is 0 Å². The van der Waals surface area contributed by atoms with Gasteiger partial charge in [-0.15, -0.1) is 0 Å². The third kappa shape index (κ3) is 4.18. The van der Waals surface area contributed by atoms with Gasteiger partial charge in [-0.1, -0.05) is 12.1 Å². The van der Waals surface area contributed by atoms with Crippen molar-refractivity contribution in [2.75, 3.05) is 24.5 Å². The minimum absolute atomic E-state index is 0.207. The number of aromatic amines is 1. The molecule has 0 fully saturated rings. The van der Waals surface area contributed by atoms with Crippen molar-refractivity contribution in [2.24, 2.45) is 0 Å². The summed E-state index contributed by atoms with van der Waals surface area (Å²) in [6.07, 6.45) is 0. The molecule has 1 amide bonds. The van der Waals surface area contributed by atoms with Gasteiger partial charge in [0.2, 0.25) is 0 Å². The van der Waals surface area contributed by atoms with E-state index in [9.17, 15) is 9.59 Å². The summed E-state index contributed by atoms with van der Waals surface area (Å²) in [6, 6.07) is 11.0. The number of H-pyrrole nitrogens is 1. The maximum atomic E-state index is 11.9. The minimum atomic E-state index is -0.326. The van der Waals surface area contributed by atoms with Crippen molar-refractivity contribution < 1.29 is 4.79 Å². The second kappa shape index (κ2) is 7.40. The molecule has 0 spiro atoms. The number of rotatable bonds is 6. The topological polar surface area (TPSA) is 78.1 Å². The van der Waals surface area contributed by atoms with Crippen LogP contribution in [-0.2, 0) is 0 Å². The van der Waals surface area contributed by atoms with Crippen LogP contribution in [0.3, 0.4) is 0 Å². The third-order valence-electron chi connectivity index (χ3n) is 3.33. The molecule has 0 bridgehead atoms. The average Bonchev–Trinajstić information content (AvgIpc) is 2.52. The Labute approximate surface area is 129 Å². The molecular formula is C16H20N4O2. The quantitative estimate of drug-likeness (QED) is 0.844. The van der Waals surface area contributed by atoms with Gasteiger partial charge in [0.25, 0.3) is 11.5 Å². The first kappa shape index (κ1) is 15.8. The fourth-order valence-electron chi connectivity index (χ4n) is 2.16. The number of hydrogen-bond acceptors (Lipinski definition) is 4. The summed E-state index contributed by atoms with van der Waals surface area (Å²) in [7, 11) is 0. The molecule has 0 saturated carbocycles. The van der Waals surface area contributed by atoms with Gasteiger partial charge in [-0.3, -0.25) is 9.59 Å². The Bertz CT molecular complexity index is 676. The number of aromatic nitrogens is 2. The number of carbonyl (C=O) groups excluding carboxylic acids is 1. The molecule has 0 aliphatic rings. The fraction of sp³-hybridized carbons (Fsp3) is 0.312. The molecule has 22 heavy (non-hydrogen) atoms. The van der Waals surface area contributed by atoms with E-state index in [1.54, 1.807) is 0 Å². The molecule has 0 radical (unpaired) electrons. The summed E-state index contributed by atoms with van der Waals surface area (Å²) in [5.74, 6) is -0.295. The van der Waals surface area contributed by atoms with Crippen molar-refractivity contribution in [3.8, 4) is 0 Å². The number of nitrogens with one attached hydrogen (secondary N) is 2. The Kier molecular flexibility index (Phi) is 5.30. The van der Waals surface area contributed by atoms with Crippen LogP contribution in [0.25, 0.3) is 0 Å². The van der Waals surface area contributed by atoms with Gasteiger partial charge >= 0.3 is 0 Å². The van der Waals surface area contributed by atoms with E-state index in [1.807, 2.05) is 6.07 Å². The number of nitrogens with zero attached hydrogens (tertiary/aromatic N) is 2. The minimum Gasteiger partial charge on any atom is -0.370 e. The van der Waals surface area contributed by atoms with Crippen molar-refractivity contribution in [1.29, 1.82) is 0 Å². The van der Waals surface area contributed by atoms with Crippen molar-refractivity contribution in [1.82, 2.24) is 15.5 Å². The maximum Gasteiger partial charge on any atom is 0.271 e. The molecule has 2 rings (SSSR count). The zero-order valence-corrected chi connectivity index (χ0v) is 12.8. The molecule has 6 nitrogen and oxygen atoms in total. The molecule has 116 valence electrons. The smallest absolute Gasteiger partial charge is 0.271 e. The van der Waals surface area contributed by atoms with Crippen molar-refractivity contribution >= 4 is 11.6 Å². The van der Waals surface area contributed by atoms with E-state index in [2.05, 4.69) is 52.5 Å². The van der Waals surface area contributed by atoms with Crippen molar-refractivity contribution in [3.63, 3.8) is 0 Å². The van der Waals surface area contributed by atoms with Crippen LogP contribution in [0.15, 0.2) is 41.2 Å². The van der Waals surface area contributed by atoms with Gasteiger partial charge in [-0.25, -0.2) is 5.10 Å². The van der Waals surface area contributed by atoms with Gasteiger partial charge < -0.3 is 10.2 Å². The summed E-state index contributed by atoms with van der Waals surface area (Å²) in [5.41, 5.74) is 2.22. The lowest BCUT2D eigenvalue weighted by molar-refractivity contribution is 0.0948. The van der Waals surface area contributed by atoms with E-state index in [1.165, 1.54) is 17.7 Å². The Balaban J connectivity index is 1.90. The highest BCUT2D eigenvalue weighted by Gasteiger charge is 2.08. The lowest BCUT2D eigenvalue weighted by atomic mass is 10.2. The predicted molar refractivity (Wildman–Crippen MR) is 86.3 cm³/mol. The molecule has 2 aromatic rings. The van der Waals surface area contributed by atoms with E-state index < -0.39 is 0 Å². The fourth-order valence-corrected chi connectivity index (χ4v) is 2.16. The van der Waals surface area contributed by atoms with Gasteiger partial charge in [0.05, 0.1) is 0 Å². The lowest BCUT2D eigenvalue weighted by Gasteiger charge is -2.23. The third-order valence-corrected chi connectivity index (χ3v) is 3.33. The molecule has 0 aliphatic heterocycles. The highest BCUT2D eigenvalue weighted by molar-refractivity contribution is 5.91. The molecule has 1 aromatic heterocycles. The highest BCUT2D eigenvalue weighted by Crippen LogP contribution is 2.14. The SMILES string of the molecule is CCN(CCNC(=O)c1ccc(=O)[nH]n1)c1cccc(C)c1. The van der Waals surface area contributed by atoms with Crippen molar-refractivity contribution in [2.45, 2.75) is 13.8 Å². The van der Waals surface area contributed by atoms with E-state index in [4.69, 9.17) is 0 Å². The molecule has 0 unspecified atom stereocenters. The Hall–Kier alpha value is -2.63. The highest BCUT2D eigenvalue weighted by atomic mass is 16.2. The molecule has 1 heterocycles. The van der Waals surface area contributed by atoms with Crippen LogP contribution < -0.4 is 15.8 Å².